The van der Waals surface area contributed by atoms with Crippen LogP contribution in [-0.4, -0.2) is 96.9 Å². The third-order valence-corrected chi connectivity index (χ3v) is 9.01. The highest BCUT2D eigenvalue weighted by Crippen LogP contribution is 2.25. The van der Waals surface area contributed by atoms with Gasteiger partial charge in [0.1, 0.15) is 5.84 Å². The van der Waals surface area contributed by atoms with Crippen LogP contribution in [0.4, 0.5) is 0 Å². The van der Waals surface area contributed by atoms with E-state index >= 15 is 0 Å². The molecule has 12 heteroatoms. The van der Waals surface area contributed by atoms with Crippen LogP contribution in [0.1, 0.15) is 26.5 Å². The van der Waals surface area contributed by atoms with Crippen LogP contribution in [0.15, 0.2) is 41.5 Å². The van der Waals surface area contributed by atoms with E-state index in [0.717, 1.165) is 15.8 Å². The molecule has 0 radical (unpaired) electrons. The highest BCUT2D eigenvalue weighted by Gasteiger charge is 2.33. The number of fused-ring (bicyclic) bond motifs is 1. The number of benzene rings is 1. The summed E-state index contributed by atoms with van der Waals surface area (Å²) in [5, 5.41) is 16.0. The van der Waals surface area contributed by atoms with Gasteiger partial charge in [0.2, 0.25) is 0 Å². The third-order valence-electron chi connectivity index (χ3n) is 6.34. The van der Waals surface area contributed by atoms with Gasteiger partial charge in [0.15, 0.2) is 15.7 Å². The summed E-state index contributed by atoms with van der Waals surface area (Å²) in [6.45, 7) is 3.02. The van der Waals surface area contributed by atoms with Gasteiger partial charge in [-0.1, -0.05) is 12.1 Å². The van der Waals surface area contributed by atoms with Crippen molar-refractivity contribution < 1.29 is 17.9 Å². The maximum Gasteiger partial charge on any atom is 0.263 e. The van der Waals surface area contributed by atoms with E-state index in [1.54, 1.807) is 17.2 Å². The fourth-order valence-electron chi connectivity index (χ4n) is 4.39. The van der Waals surface area contributed by atoms with Gasteiger partial charge < -0.3 is 14.5 Å². The Morgan fingerprint density at radius 3 is 2.69 bits per heavy atom. The highest BCUT2D eigenvalue weighted by molar-refractivity contribution is 7.91. The summed E-state index contributed by atoms with van der Waals surface area (Å²) in [6, 6.07) is 9.20. The third kappa shape index (κ3) is 4.86. The van der Waals surface area contributed by atoms with Crippen molar-refractivity contribution in [3.63, 3.8) is 0 Å². The van der Waals surface area contributed by atoms with E-state index in [1.807, 2.05) is 24.3 Å². The van der Waals surface area contributed by atoms with Gasteiger partial charge in [-0.2, -0.15) is 5.10 Å². The molecule has 2 fully saturated rings. The second kappa shape index (κ2) is 9.51. The molecule has 1 aromatic carbocycles. The average molecular weight is 515 g/mol. The number of hydrogen-bond acceptors (Lipinski definition) is 7. The van der Waals surface area contributed by atoms with Crippen LogP contribution in [0.2, 0.25) is 0 Å². The minimum atomic E-state index is -3.18. The summed E-state index contributed by atoms with van der Waals surface area (Å²) in [5.41, 5.74) is 1.50. The molecule has 0 aliphatic carbocycles. The monoisotopic (exact) mass is 514 g/mol. The molecule has 1 amide bonds. The molecule has 10 nitrogen and oxygen atoms in total. The van der Waals surface area contributed by atoms with E-state index in [4.69, 9.17) is 15.1 Å². The van der Waals surface area contributed by atoms with Gasteiger partial charge in [-0.25, -0.2) is 13.4 Å². The van der Waals surface area contributed by atoms with Crippen LogP contribution < -0.4 is 0 Å². The number of aromatic amines is 1. The van der Waals surface area contributed by atoms with Gasteiger partial charge in [0, 0.05) is 43.4 Å². The predicted octanol–water partition coefficient (Wildman–Crippen LogP) is 1.99. The van der Waals surface area contributed by atoms with Gasteiger partial charge in [0.05, 0.1) is 39.9 Å². The van der Waals surface area contributed by atoms with E-state index in [-0.39, 0.29) is 18.3 Å². The second-order valence-corrected chi connectivity index (χ2v) is 12.1. The molecule has 0 bridgehead atoms. The zero-order valence-electron chi connectivity index (χ0n) is 19.2. The van der Waals surface area contributed by atoms with Crippen molar-refractivity contribution in [3.8, 4) is 0 Å². The van der Waals surface area contributed by atoms with Crippen LogP contribution in [0.5, 0.6) is 0 Å². The minimum Gasteiger partial charge on any atom is -0.378 e. The number of morpholine rings is 1. The lowest BCUT2D eigenvalue weighted by Gasteiger charge is -2.29. The number of aliphatic imine (C=N–C) groups is 1. The number of carbonyl (C=O) groups is 1. The lowest BCUT2D eigenvalue weighted by atomic mass is 10.1. The number of aromatic nitrogens is 2. The molecule has 0 saturated carbocycles. The number of hydrogen-bond donors (Lipinski definition) is 2. The Balaban J connectivity index is 1.44. The number of nitrogens with zero attached hydrogens (tertiary/aromatic N) is 4. The first kappa shape index (κ1) is 23.6. The number of nitrogens with one attached hydrogen (secondary N) is 2. The number of H-pyrrole nitrogens is 1. The lowest BCUT2D eigenvalue weighted by molar-refractivity contribution is 0.0684. The number of amidine groups is 2. The van der Waals surface area contributed by atoms with Crippen molar-refractivity contribution >= 4 is 49.7 Å². The first-order valence-corrected chi connectivity index (χ1v) is 14.1. The fraction of sp³-hybridized carbons (Fsp3) is 0.391. The number of likely N-dealkylation sites (tertiary alicyclic amines) is 1. The van der Waals surface area contributed by atoms with Crippen molar-refractivity contribution in [1.29, 1.82) is 5.41 Å². The summed E-state index contributed by atoms with van der Waals surface area (Å²) in [4.78, 5) is 22.8. The van der Waals surface area contributed by atoms with Crippen LogP contribution >= 0.6 is 11.3 Å². The number of carbonyl (C=O) groups excluding carboxylic acids is 1. The Morgan fingerprint density at radius 1 is 1.17 bits per heavy atom. The summed E-state index contributed by atoms with van der Waals surface area (Å²) in [7, 11) is -3.18. The first-order chi connectivity index (χ1) is 16.8. The standard InChI is InChI=1S/C23H26N6O4S2/c1-35(31,32)15-7-8-29(14-15)23(30)20-6-5-19(34-20)22(28-9-11-33-12-10-28)26-21(24)16-3-2-4-18-17(16)13-25-27-18/h2-6,13,15,24H,7-12,14H2,1H3,(H,25,27)/b24-21?,26-22+. The molecule has 1 unspecified atom stereocenters. The van der Waals surface area contributed by atoms with Gasteiger partial charge in [-0.05, 0) is 24.6 Å². The van der Waals surface area contributed by atoms with Crippen molar-refractivity contribution in [2.75, 3.05) is 45.6 Å². The van der Waals surface area contributed by atoms with Crippen molar-refractivity contribution in [2.24, 2.45) is 4.99 Å². The van der Waals surface area contributed by atoms with Crippen molar-refractivity contribution in [1.82, 2.24) is 20.0 Å². The molecule has 184 valence electrons. The first-order valence-electron chi connectivity index (χ1n) is 11.3. The van der Waals surface area contributed by atoms with Crippen molar-refractivity contribution in [3.05, 3.63) is 51.8 Å². The van der Waals surface area contributed by atoms with E-state index in [9.17, 15) is 13.2 Å². The van der Waals surface area contributed by atoms with Gasteiger partial charge in [-0.3, -0.25) is 15.3 Å². The Kier molecular flexibility index (Phi) is 6.43. The van der Waals surface area contributed by atoms with Gasteiger partial charge >= 0.3 is 0 Å². The summed E-state index contributed by atoms with van der Waals surface area (Å²) < 4.78 is 29.3. The van der Waals surface area contributed by atoms with E-state index in [2.05, 4.69) is 15.1 Å². The maximum atomic E-state index is 13.1. The van der Waals surface area contributed by atoms with E-state index in [1.165, 1.54) is 17.6 Å². The Labute approximate surface area is 207 Å². The second-order valence-electron chi connectivity index (χ2n) is 8.68. The maximum absolute atomic E-state index is 13.1. The summed E-state index contributed by atoms with van der Waals surface area (Å²) in [5.74, 6) is 0.556. The molecular formula is C23H26N6O4S2. The molecule has 2 aromatic heterocycles. The molecule has 2 aliphatic heterocycles. The molecule has 1 atom stereocenters. The molecule has 3 aromatic rings. The molecule has 2 aliphatic rings. The smallest absolute Gasteiger partial charge is 0.263 e. The largest absolute Gasteiger partial charge is 0.378 e. The molecule has 2 N–H and O–H groups in total. The number of amides is 1. The molecule has 5 rings (SSSR count). The molecule has 2 saturated heterocycles. The van der Waals surface area contributed by atoms with Crippen LogP contribution in [-0.2, 0) is 14.6 Å². The van der Waals surface area contributed by atoms with Crippen LogP contribution in [0.25, 0.3) is 10.9 Å². The van der Waals surface area contributed by atoms with Gasteiger partial charge in [0.25, 0.3) is 5.91 Å². The van der Waals surface area contributed by atoms with E-state index in [0.29, 0.717) is 55.5 Å². The fourth-order valence-corrected chi connectivity index (χ4v) is 6.36. The lowest BCUT2D eigenvalue weighted by Crippen LogP contribution is -2.41. The topological polar surface area (TPSA) is 132 Å². The summed E-state index contributed by atoms with van der Waals surface area (Å²) >= 11 is 1.31. The molecule has 0 spiro atoms. The zero-order chi connectivity index (χ0) is 24.6. The quantitative estimate of drug-likeness (QED) is 0.404. The number of thiophene rings is 1. The van der Waals surface area contributed by atoms with Crippen molar-refractivity contribution in [2.45, 2.75) is 11.7 Å². The molecule has 35 heavy (non-hydrogen) atoms. The van der Waals surface area contributed by atoms with Crippen LogP contribution in [0.3, 0.4) is 0 Å². The Hall–Kier alpha value is -3.09. The minimum absolute atomic E-state index is 0.107. The Bertz CT molecular complexity index is 1400. The van der Waals surface area contributed by atoms with Crippen LogP contribution in [0, 0.1) is 5.41 Å². The zero-order valence-corrected chi connectivity index (χ0v) is 20.9. The summed E-state index contributed by atoms with van der Waals surface area (Å²) in [6.07, 6.45) is 3.36. The van der Waals surface area contributed by atoms with Gasteiger partial charge in [-0.15, -0.1) is 11.3 Å². The number of ether oxygens (including phenoxy) is 1. The highest BCUT2D eigenvalue weighted by atomic mass is 32.2. The molecule has 4 heterocycles. The molecular weight excluding hydrogens is 488 g/mol. The number of rotatable bonds is 4. The predicted molar refractivity (Wildman–Crippen MR) is 135 cm³/mol. The SMILES string of the molecule is CS(=O)(=O)C1CCN(C(=O)c2ccc(/C(=N\C(=N)c3cccc4[nH]ncc34)N3CCOCC3)s2)C1. The van der Waals surface area contributed by atoms with E-state index < -0.39 is 15.1 Å². The number of sulfone groups is 1. The Morgan fingerprint density at radius 2 is 1.94 bits per heavy atom. The average Bonchev–Trinajstić information content (AvgIpc) is 3.62. The normalized spacial score (nSPS) is 19.5.